The minimum absolute atomic E-state index is 0.135. The van der Waals surface area contributed by atoms with Gasteiger partial charge in [-0.15, -0.1) is 0 Å². The second-order valence-corrected chi connectivity index (χ2v) is 8.28. The SMILES string of the molecule is CC(N1CCN(c2ccc(-n3nccn3)cc2)C1=O)C(O)(Cn1cncn1)c1ccc(F)cc1F. The molecule has 4 aromatic rings. The predicted molar refractivity (Wildman–Crippen MR) is 121 cm³/mol. The number of benzene rings is 2. The summed E-state index contributed by atoms with van der Waals surface area (Å²) in [6.07, 6.45) is 5.81. The average molecular weight is 480 g/mol. The normalized spacial score (nSPS) is 16.5. The lowest BCUT2D eigenvalue weighted by molar-refractivity contribution is -0.0475. The van der Waals surface area contributed by atoms with Crippen LogP contribution in [0.4, 0.5) is 19.3 Å². The number of nitrogens with zero attached hydrogens (tertiary/aromatic N) is 8. The summed E-state index contributed by atoms with van der Waals surface area (Å²) in [5.41, 5.74) is -0.644. The van der Waals surface area contributed by atoms with Crippen LogP contribution in [-0.2, 0) is 12.1 Å². The molecule has 12 heteroatoms. The molecule has 2 atom stereocenters. The van der Waals surface area contributed by atoms with Gasteiger partial charge in [0, 0.05) is 30.4 Å². The summed E-state index contributed by atoms with van der Waals surface area (Å²) < 4.78 is 29.8. The highest BCUT2D eigenvalue weighted by Crippen LogP contribution is 2.35. The monoisotopic (exact) mass is 480 g/mol. The lowest BCUT2D eigenvalue weighted by Crippen LogP contribution is -2.53. The van der Waals surface area contributed by atoms with E-state index in [1.807, 2.05) is 0 Å². The number of urea groups is 1. The lowest BCUT2D eigenvalue weighted by Gasteiger charge is -2.39. The van der Waals surface area contributed by atoms with E-state index in [0.717, 1.165) is 11.8 Å². The quantitative estimate of drug-likeness (QED) is 0.436. The topological polar surface area (TPSA) is 105 Å². The third-order valence-corrected chi connectivity index (χ3v) is 6.28. The first-order chi connectivity index (χ1) is 16.9. The van der Waals surface area contributed by atoms with Gasteiger partial charge in [-0.1, -0.05) is 6.07 Å². The van der Waals surface area contributed by atoms with Gasteiger partial charge in [-0.25, -0.2) is 23.2 Å². The van der Waals surface area contributed by atoms with Crippen molar-refractivity contribution in [2.45, 2.75) is 25.1 Å². The highest BCUT2D eigenvalue weighted by molar-refractivity contribution is 5.94. The maximum Gasteiger partial charge on any atom is 0.324 e. The van der Waals surface area contributed by atoms with E-state index in [-0.39, 0.29) is 18.1 Å². The molecule has 2 amide bonds. The molecule has 1 fully saturated rings. The highest BCUT2D eigenvalue weighted by Gasteiger charge is 2.46. The molecule has 0 radical (unpaired) electrons. The number of rotatable bonds is 7. The molecule has 35 heavy (non-hydrogen) atoms. The van der Waals surface area contributed by atoms with Gasteiger partial charge in [0.25, 0.3) is 0 Å². The van der Waals surface area contributed by atoms with Gasteiger partial charge in [0.15, 0.2) is 0 Å². The first kappa shape index (κ1) is 22.6. The van der Waals surface area contributed by atoms with Crippen LogP contribution in [0.15, 0.2) is 67.5 Å². The Balaban J connectivity index is 1.43. The summed E-state index contributed by atoms with van der Waals surface area (Å²) in [6, 6.07) is 8.91. The fourth-order valence-corrected chi connectivity index (χ4v) is 4.37. The third kappa shape index (κ3) is 4.12. The van der Waals surface area contributed by atoms with Crippen molar-refractivity contribution in [2.24, 2.45) is 0 Å². The highest BCUT2D eigenvalue weighted by atomic mass is 19.1. The van der Waals surface area contributed by atoms with Crippen LogP contribution in [0.5, 0.6) is 0 Å². The molecule has 2 unspecified atom stereocenters. The van der Waals surface area contributed by atoms with E-state index < -0.39 is 23.3 Å². The molecule has 2 aromatic carbocycles. The molecular weight excluding hydrogens is 458 g/mol. The number of hydrogen-bond donors (Lipinski definition) is 1. The van der Waals surface area contributed by atoms with Crippen LogP contribution in [-0.4, -0.2) is 64.9 Å². The van der Waals surface area contributed by atoms with Gasteiger partial charge < -0.3 is 10.0 Å². The van der Waals surface area contributed by atoms with Crippen LogP contribution in [0.3, 0.4) is 0 Å². The van der Waals surface area contributed by atoms with Gasteiger partial charge in [-0.2, -0.15) is 20.1 Å². The Hall–Kier alpha value is -4.19. The molecule has 0 aliphatic carbocycles. The van der Waals surface area contributed by atoms with Crippen LogP contribution < -0.4 is 4.90 Å². The lowest BCUT2D eigenvalue weighted by atomic mass is 9.85. The van der Waals surface area contributed by atoms with Crippen LogP contribution >= 0.6 is 0 Å². The average Bonchev–Trinajstić information content (AvgIpc) is 3.61. The molecule has 10 nitrogen and oxygen atoms in total. The van der Waals surface area contributed by atoms with E-state index in [1.54, 1.807) is 48.5 Å². The fourth-order valence-electron chi connectivity index (χ4n) is 4.37. The maximum absolute atomic E-state index is 14.8. The largest absolute Gasteiger partial charge is 0.381 e. The Morgan fingerprint density at radius 3 is 2.40 bits per heavy atom. The fraction of sp³-hybridized carbons (Fsp3) is 0.261. The van der Waals surface area contributed by atoms with Crippen molar-refractivity contribution in [1.82, 2.24) is 34.7 Å². The van der Waals surface area contributed by atoms with Gasteiger partial charge in [0.05, 0.1) is 30.7 Å². The minimum Gasteiger partial charge on any atom is -0.381 e. The summed E-state index contributed by atoms with van der Waals surface area (Å²) >= 11 is 0. The summed E-state index contributed by atoms with van der Waals surface area (Å²) in [4.78, 5) is 21.8. The maximum atomic E-state index is 14.8. The molecule has 1 aliphatic heterocycles. The molecule has 5 rings (SSSR count). The van der Waals surface area contributed by atoms with E-state index in [9.17, 15) is 18.7 Å². The number of aliphatic hydroxyl groups is 1. The number of aromatic nitrogens is 6. The number of carbonyl (C=O) groups is 1. The Labute approximate surface area is 199 Å². The molecule has 0 saturated carbocycles. The van der Waals surface area contributed by atoms with Crippen molar-refractivity contribution in [1.29, 1.82) is 0 Å². The van der Waals surface area contributed by atoms with Gasteiger partial charge in [0.1, 0.15) is 29.9 Å². The van der Waals surface area contributed by atoms with E-state index in [2.05, 4.69) is 20.3 Å². The van der Waals surface area contributed by atoms with Gasteiger partial charge in [0.2, 0.25) is 0 Å². The molecule has 1 aliphatic rings. The van der Waals surface area contributed by atoms with Gasteiger partial charge in [-0.3, -0.25) is 4.90 Å². The zero-order valence-electron chi connectivity index (χ0n) is 18.7. The zero-order valence-corrected chi connectivity index (χ0v) is 18.7. The number of hydrogen-bond acceptors (Lipinski definition) is 6. The number of carbonyl (C=O) groups excluding carboxylic acids is 1. The van der Waals surface area contributed by atoms with Crippen molar-refractivity contribution in [3.63, 3.8) is 0 Å². The molecule has 2 aromatic heterocycles. The van der Waals surface area contributed by atoms with Crippen LogP contribution in [0, 0.1) is 11.6 Å². The predicted octanol–water partition coefficient (Wildman–Crippen LogP) is 2.36. The molecule has 180 valence electrons. The Bertz CT molecular complexity index is 1310. The van der Waals surface area contributed by atoms with Crippen molar-refractivity contribution in [3.05, 3.63) is 84.7 Å². The first-order valence-electron chi connectivity index (χ1n) is 10.9. The Morgan fingerprint density at radius 2 is 1.74 bits per heavy atom. The van der Waals surface area contributed by atoms with E-state index in [1.165, 1.54) is 33.1 Å². The van der Waals surface area contributed by atoms with Gasteiger partial charge in [-0.05, 0) is 37.3 Å². The molecule has 1 N–H and O–H groups in total. The van der Waals surface area contributed by atoms with Crippen LogP contribution in [0.1, 0.15) is 12.5 Å². The van der Waals surface area contributed by atoms with Crippen molar-refractivity contribution < 1.29 is 18.7 Å². The summed E-state index contributed by atoms with van der Waals surface area (Å²) in [5.74, 6) is -1.68. The second-order valence-electron chi connectivity index (χ2n) is 8.28. The smallest absolute Gasteiger partial charge is 0.324 e. The Morgan fingerprint density at radius 1 is 1.03 bits per heavy atom. The molecule has 3 heterocycles. The first-order valence-corrected chi connectivity index (χ1v) is 10.9. The van der Waals surface area contributed by atoms with E-state index in [4.69, 9.17) is 0 Å². The summed E-state index contributed by atoms with van der Waals surface area (Å²) in [7, 11) is 0. The Kier molecular flexibility index (Phi) is 5.73. The molecule has 1 saturated heterocycles. The third-order valence-electron chi connectivity index (χ3n) is 6.28. The standard InChI is InChI=1S/C23H22F2N8O2/c1-16(23(35,13-30-15-26-14-29-30)20-7-2-17(24)12-21(20)25)31-10-11-32(22(31)34)18-3-5-19(6-4-18)33-27-8-9-28-33/h2-9,12,14-16,35H,10-11,13H2,1H3. The number of halogens is 2. The van der Waals surface area contributed by atoms with E-state index in [0.29, 0.717) is 24.8 Å². The summed E-state index contributed by atoms with van der Waals surface area (Å²) in [6.45, 7) is 2.11. The molecule has 0 spiro atoms. The van der Waals surface area contributed by atoms with E-state index >= 15 is 0 Å². The molecule has 0 bridgehead atoms. The van der Waals surface area contributed by atoms with Crippen molar-refractivity contribution >= 4 is 11.7 Å². The second kappa shape index (κ2) is 8.87. The summed E-state index contributed by atoms with van der Waals surface area (Å²) in [5, 5.41) is 24.0. The minimum atomic E-state index is -1.91. The zero-order chi connectivity index (χ0) is 24.6. The number of amides is 2. The van der Waals surface area contributed by atoms with Gasteiger partial charge >= 0.3 is 6.03 Å². The number of anilines is 1. The molecular formula is C23H22F2N8O2. The van der Waals surface area contributed by atoms with Crippen LogP contribution in [0.25, 0.3) is 5.69 Å². The van der Waals surface area contributed by atoms with Crippen molar-refractivity contribution in [3.8, 4) is 5.69 Å². The van der Waals surface area contributed by atoms with Crippen LogP contribution in [0.2, 0.25) is 0 Å². The van der Waals surface area contributed by atoms with Crippen molar-refractivity contribution in [2.75, 3.05) is 18.0 Å².